The Bertz CT molecular complexity index is 118. The lowest BCUT2D eigenvalue weighted by Crippen LogP contribution is -2.20. The van der Waals surface area contributed by atoms with Gasteiger partial charge in [-0.15, -0.1) is 0 Å². The van der Waals surface area contributed by atoms with E-state index in [4.69, 9.17) is 0 Å². The molecule has 0 spiro atoms. The molecule has 1 heterocycles. The average molecular weight is 112 g/mol. The summed E-state index contributed by atoms with van der Waals surface area (Å²) >= 11 is 0. The molecule has 1 radical (unpaired) electrons. The van der Waals surface area contributed by atoms with E-state index in [-0.39, 0.29) is 11.3 Å². The smallest absolute Gasteiger partial charge is 0.246 e. The summed E-state index contributed by atoms with van der Waals surface area (Å²) in [5.74, 6) is 0.0671. The van der Waals surface area contributed by atoms with Crippen molar-refractivity contribution in [1.29, 1.82) is 0 Å². The molecule has 1 saturated heterocycles. The summed E-state index contributed by atoms with van der Waals surface area (Å²) in [4.78, 5) is 10.7. The molecule has 1 amide bonds. The fraction of sp³-hybridized carbons (Fsp3) is 0.833. The zero-order valence-corrected chi connectivity index (χ0v) is 5.27. The summed E-state index contributed by atoms with van der Waals surface area (Å²) in [6, 6.07) is 0. The third kappa shape index (κ3) is 0.703. The van der Waals surface area contributed by atoms with E-state index in [2.05, 4.69) is 5.32 Å². The van der Waals surface area contributed by atoms with Crippen LogP contribution < -0.4 is 5.32 Å². The highest BCUT2D eigenvalue weighted by Crippen LogP contribution is 2.24. The minimum Gasteiger partial charge on any atom is -0.272 e. The minimum atomic E-state index is -0.153. The lowest BCUT2D eigenvalue weighted by Gasteiger charge is -2.09. The van der Waals surface area contributed by atoms with Crippen LogP contribution in [0.1, 0.15) is 20.3 Å². The molecule has 1 aliphatic heterocycles. The molecule has 1 aliphatic rings. The van der Waals surface area contributed by atoms with Gasteiger partial charge in [0.15, 0.2) is 0 Å². The van der Waals surface area contributed by atoms with Gasteiger partial charge in [-0.3, -0.25) is 10.1 Å². The van der Waals surface area contributed by atoms with E-state index in [0.29, 0.717) is 0 Å². The van der Waals surface area contributed by atoms with Crippen LogP contribution in [-0.4, -0.2) is 12.5 Å². The maximum atomic E-state index is 10.7. The minimum absolute atomic E-state index is 0.0671. The molecule has 2 heteroatoms. The topological polar surface area (TPSA) is 31.2 Å². The van der Waals surface area contributed by atoms with Crippen molar-refractivity contribution in [2.24, 2.45) is 5.41 Å². The van der Waals surface area contributed by atoms with Gasteiger partial charge in [-0.1, -0.05) is 13.8 Å². The summed E-state index contributed by atoms with van der Waals surface area (Å²) in [5.41, 5.74) is -0.153. The van der Waals surface area contributed by atoms with Crippen LogP contribution >= 0.6 is 0 Å². The van der Waals surface area contributed by atoms with Crippen LogP contribution in [0.3, 0.4) is 0 Å². The van der Waals surface area contributed by atoms with Crippen LogP contribution in [0.2, 0.25) is 0 Å². The zero-order chi connectivity index (χ0) is 6.20. The maximum absolute atomic E-state index is 10.7. The third-order valence-electron chi connectivity index (χ3n) is 1.57. The second kappa shape index (κ2) is 1.47. The predicted molar refractivity (Wildman–Crippen MR) is 30.4 cm³/mol. The second-order valence-corrected chi connectivity index (χ2v) is 2.82. The van der Waals surface area contributed by atoms with E-state index in [9.17, 15) is 4.79 Å². The van der Waals surface area contributed by atoms with Gasteiger partial charge < -0.3 is 0 Å². The molecule has 0 aromatic heterocycles. The highest BCUT2D eigenvalue weighted by molar-refractivity contribution is 5.83. The summed E-state index contributed by atoms with van der Waals surface area (Å²) in [6.45, 7) is 4.60. The molecule has 0 atom stereocenters. The molecule has 0 bridgehead atoms. The largest absolute Gasteiger partial charge is 0.272 e. The summed E-state index contributed by atoms with van der Waals surface area (Å²) in [6.07, 6.45) is 0.922. The van der Waals surface area contributed by atoms with Crippen LogP contribution in [-0.2, 0) is 4.79 Å². The van der Waals surface area contributed by atoms with Gasteiger partial charge in [-0.05, 0) is 6.42 Å². The molecule has 0 aromatic carbocycles. The van der Waals surface area contributed by atoms with Crippen molar-refractivity contribution >= 4 is 5.91 Å². The standard InChI is InChI=1S/C6H10NO/c1-6(2)3-4-7-5(6)8/h3-4H2,1-2H3. The molecule has 1 fully saturated rings. The molecule has 0 N–H and O–H groups in total. The Morgan fingerprint density at radius 2 is 2.25 bits per heavy atom. The highest BCUT2D eigenvalue weighted by Gasteiger charge is 2.33. The van der Waals surface area contributed by atoms with Gasteiger partial charge >= 0.3 is 0 Å². The number of hydrogen-bond acceptors (Lipinski definition) is 1. The van der Waals surface area contributed by atoms with Crippen molar-refractivity contribution in [3.63, 3.8) is 0 Å². The molecule has 8 heavy (non-hydrogen) atoms. The van der Waals surface area contributed by atoms with Crippen molar-refractivity contribution in [1.82, 2.24) is 5.32 Å². The first kappa shape index (κ1) is 5.60. The normalized spacial score (nSPS) is 25.5. The number of carbonyl (C=O) groups excluding carboxylic acids is 1. The molecule has 0 saturated carbocycles. The SMILES string of the molecule is CC1(C)CC[N]C1=O. The molecular weight excluding hydrogens is 102 g/mol. The Morgan fingerprint density at radius 3 is 2.38 bits per heavy atom. The summed E-state index contributed by atoms with van der Waals surface area (Å²) in [5, 5.41) is 3.75. The van der Waals surface area contributed by atoms with Gasteiger partial charge in [0.2, 0.25) is 5.91 Å². The quantitative estimate of drug-likeness (QED) is 0.450. The van der Waals surface area contributed by atoms with Crippen LogP contribution in [0.4, 0.5) is 0 Å². The Labute approximate surface area is 49.3 Å². The fourth-order valence-corrected chi connectivity index (χ4v) is 0.758. The van der Waals surface area contributed by atoms with Crippen molar-refractivity contribution in [2.45, 2.75) is 20.3 Å². The monoisotopic (exact) mass is 112 g/mol. The fourth-order valence-electron chi connectivity index (χ4n) is 0.758. The van der Waals surface area contributed by atoms with Gasteiger partial charge in [-0.25, -0.2) is 0 Å². The van der Waals surface area contributed by atoms with Gasteiger partial charge in [0.25, 0.3) is 0 Å². The number of nitrogens with zero attached hydrogens (tertiary/aromatic N) is 1. The number of hydrogen-bond donors (Lipinski definition) is 0. The average Bonchev–Trinajstić information content (AvgIpc) is 1.86. The second-order valence-electron chi connectivity index (χ2n) is 2.82. The van der Waals surface area contributed by atoms with Crippen molar-refractivity contribution < 1.29 is 4.79 Å². The molecule has 0 aromatic rings. The Morgan fingerprint density at radius 1 is 1.62 bits per heavy atom. The van der Waals surface area contributed by atoms with E-state index in [1.807, 2.05) is 13.8 Å². The Kier molecular flexibility index (Phi) is 1.03. The molecule has 0 aliphatic carbocycles. The first-order chi connectivity index (χ1) is 3.63. The van der Waals surface area contributed by atoms with Crippen molar-refractivity contribution in [3.8, 4) is 0 Å². The Balaban J connectivity index is 2.68. The molecule has 45 valence electrons. The first-order valence-corrected chi connectivity index (χ1v) is 2.85. The lowest BCUT2D eigenvalue weighted by atomic mass is 9.92. The predicted octanol–water partition coefficient (Wildman–Crippen LogP) is 0.547. The van der Waals surface area contributed by atoms with Crippen molar-refractivity contribution in [3.05, 3.63) is 0 Å². The van der Waals surface area contributed by atoms with E-state index in [1.54, 1.807) is 0 Å². The van der Waals surface area contributed by atoms with E-state index in [0.717, 1.165) is 13.0 Å². The molecule has 0 unspecified atom stereocenters. The Hall–Kier alpha value is -0.530. The van der Waals surface area contributed by atoms with Gasteiger partial charge in [0.1, 0.15) is 0 Å². The van der Waals surface area contributed by atoms with Gasteiger partial charge in [0.05, 0.1) is 0 Å². The van der Waals surface area contributed by atoms with Crippen LogP contribution in [0.15, 0.2) is 0 Å². The number of carbonyl (C=O) groups is 1. The molecule has 1 rings (SSSR count). The van der Waals surface area contributed by atoms with Crippen LogP contribution in [0.25, 0.3) is 0 Å². The first-order valence-electron chi connectivity index (χ1n) is 2.85. The highest BCUT2D eigenvalue weighted by atomic mass is 16.2. The third-order valence-corrected chi connectivity index (χ3v) is 1.57. The van der Waals surface area contributed by atoms with E-state index in [1.165, 1.54) is 0 Å². The summed E-state index contributed by atoms with van der Waals surface area (Å²) < 4.78 is 0. The van der Waals surface area contributed by atoms with Gasteiger partial charge in [-0.2, -0.15) is 0 Å². The van der Waals surface area contributed by atoms with Crippen LogP contribution in [0.5, 0.6) is 0 Å². The van der Waals surface area contributed by atoms with E-state index >= 15 is 0 Å². The maximum Gasteiger partial charge on any atom is 0.246 e. The van der Waals surface area contributed by atoms with E-state index < -0.39 is 0 Å². The number of amides is 1. The summed E-state index contributed by atoms with van der Waals surface area (Å²) in [7, 11) is 0. The molecule has 2 nitrogen and oxygen atoms in total. The van der Waals surface area contributed by atoms with Gasteiger partial charge in [0, 0.05) is 12.0 Å². The molecular formula is C6H10NO. The zero-order valence-electron chi connectivity index (χ0n) is 5.27. The number of rotatable bonds is 0. The van der Waals surface area contributed by atoms with Crippen LogP contribution in [0, 0.1) is 5.41 Å². The lowest BCUT2D eigenvalue weighted by molar-refractivity contribution is -0.126. The van der Waals surface area contributed by atoms with Crippen molar-refractivity contribution in [2.75, 3.05) is 6.54 Å².